The first-order chi connectivity index (χ1) is 16.6. The lowest BCUT2D eigenvalue weighted by atomic mass is 10.1. The van der Waals surface area contributed by atoms with Gasteiger partial charge in [-0.2, -0.15) is 10.5 Å². The van der Waals surface area contributed by atoms with Gasteiger partial charge in [-0.1, -0.05) is 12.1 Å². The predicted molar refractivity (Wildman–Crippen MR) is 136 cm³/mol. The fourth-order valence-electron chi connectivity index (χ4n) is 4.55. The number of nitrogens with zero attached hydrogens (tertiary/aromatic N) is 6. The Kier molecular flexibility index (Phi) is 6.42. The van der Waals surface area contributed by atoms with E-state index < -0.39 is 0 Å². The van der Waals surface area contributed by atoms with Crippen LogP contribution in [0.25, 0.3) is 27.3 Å². The quantitative estimate of drug-likeness (QED) is 0.428. The second-order valence-corrected chi connectivity index (χ2v) is 9.71. The zero-order valence-corrected chi connectivity index (χ0v) is 20.1. The molecule has 0 spiro atoms. The molecule has 0 amide bonds. The molecule has 1 saturated heterocycles. The summed E-state index contributed by atoms with van der Waals surface area (Å²) in [5.74, 6) is 0. The lowest BCUT2D eigenvalue weighted by molar-refractivity contribution is 0.278. The summed E-state index contributed by atoms with van der Waals surface area (Å²) in [5.41, 5.74) is 6.50. The zero-order chi connectivity index (χ0) is 23.5. The Labute approximate surface area is 203 Å². The molecule has 1 fully saturated rings. The van der Waals surface area contributed by atoms with Crippen molar-refractivity contribution < 1.29 is 0 Å². The second kappa shape index (κ2) is 9.79. The lowest BCUT2D eigenvalue weighted by Crippen LogP contribution is -2.30. The molecule has 1 aliphatic rings. The Bertz CT molecular complexity index is 1390. The molecule has 0 unspecified atom stereocenters. The van der Waals surface area contributed by atoms with Crippen molar-refractivity contribution in [1.82, 2.24) is 19.2 Å². The van der Waals surface area contributed by atoms with Crippen molar-refractivity contribution in [2.45, 2.75) is 12.8 Å². The molecule has 4 aromatic rings. The van der Waals surface area contributed by atoms with Gasteiger partial charge in [-0.15, -0.1) is 11.3 Å². The van der Waals surface area contributed by atoms with Crippen molar-refractivity contribution in [2.75, 3.05) is 39.8 Å². The lowest BCUT2D eigenvalue weighted by Gasteiger charge is -2.20. The molecule has 0 radical (unpaired) electrons. The minimum Gasteiger partial charge on any atom is -0.305 e. The van der Waals surface area contributed by atoms with E-state index in [1.807, 2.05) is 35.7 Å². The van der Waals surface area contributed by atoms with Gasteiger partial charge in [0.15, 0.2) is 0 Å². The fraction of sp³-hybridized carbons (Fsp3) is 0.296. The van der Waals surface area contributed by atoms with E-state index in [-0.39, 0.29) is 0 Å². The van der Waals surface area contributed by atoms with Crippen LogP contribution in [0.15, 0.2) is 54.0 Å². The number of hydrogen-bond acceptors (Lipinski definition) is 6. The van der Waals surface area contributed by atoms with Gasteiger partial charge in [0.25, 0.3) is 0 Å². The molecule has 5 rings (SSSR count). The highest BCUT2D eigenvalue weighted by atomic mass is 32.1. The van der Waals surface area contributed by atoms with Gasteiger partial charge in [0.05, 0.1) is 28.6 Å². The summed E-state index contributed by atoms with van der Waals surface area (Å²) in [6.07, 6.45) is 4.22. The summed E-state index contributed by atoms with van der Waals surface area (Å²) in [6.45, 7) is 5.42. The molecule has 0 bridgehead atoms. The monoisotopic (exact) mass is 466 g/mol. The summed E-state index contributed by atoms with van der Waals surface area (Å²) < 4.78 is 2.21. The van der Waals surface area contributed by atoms with E-state index in [1.54, 1.807) is 11.3 Å². The van der Waals surface area contributed by atoms with Crippen molar-refractivity contribution in [3.8, 4) is 33.8 Å². The maximum atomic E-state index is 9.22. The number of aromatic nitrogens is 2. The summed E-state index contributed by atoms with van der Waals surface area (Å²) in [7, 11) is 2.20. The van der Waals surface area contributed by atoms with Crippen LogP contribution < -0.4 is 0 Å². The Hall–Kier alpha value is -3.49. The van der Waals surface area contributed by atoms with Crippen molar-refractivity contribution in [3.05, 3.63) is 70.9 Å². The van der Waals surface area contributed by atoms with E-state index in [4.69, 9.17) is 4.98 Å². The summed E-state index contributed by atoms with van der Waals surface area (Å²) >= 11 is 1.59. The number of rotatable bonds is 5. The Morgan fingerprint density at radius 2 is 1.74 bits per heavy atom. The largest absolute Gasteiger partial charge is 0.305 e. The van der Waals surface area contributed by atoms with E-state index in [0.29, 0.717) is 11.1 Å². The first-order valence-corrected chi connectivity index (χ1v) is 12.4. The highest BCUT2D eigenvalue weighted by Crippen LogP contribution is 2.31. The smallest absolute Gasteiger partial charge is 0.137 e. The minimum atomic E-state index is 0.649. The van der Waals surface area contributed by atoms with Gasteiger partial charge < -0.3 is 14.2 Å². The van der Waals surface area contributed by atoms with E-state index in [1.165, 1.54) is 12.1 Å². The first-order valence-electron chi connectivity index (χ1n) is 11.6. The number of benzene rings is 1. The third-order valence-electron chi connectivity index (χ3n) is 6.49. The zero-order valence-electron chi connectivity index (χ0n) is 19.2. The topological polar surface area (TPSA) is 71.4 Å². The summed E-state index contributed by atoms with van der Waals surface area (Å²) in [5, 5.41) is 20.3. The molecule has 4 heterocycles. The SMILES string of the molecule is CN1CCCN(CCc2c(-c3ccc(C#N)cc3)nc3ccc(-c4cc(C#N)cs4)cn23)CC1. The van der Waals surface area contributed by atoms with Gasteiger partial charge in [-0.3, -0.25) is 0 Å². The second-order valence-electron chi connectivity index (χ2n) is 8.80. The third-order valence-corrected chi connectivity index (χ3v) is 7.47. The van der Waals surface area contributed by atoms with Crippen LogP contribution in [-0.2, 0) is 6.42 Å². The number of fused-ring (bicyclic) bond motifs is 1. The molecule has 170 valence electrons. The van der Waals surface area contributed by atoms with Crippen molar-refractivity contribution >= 4 is 17.0 Å². The third kappa shape index (κ3) is 4.60. The van der Waals surface area contributed by atoms with Crippen LogP contribution >= 0.6 is 11.3 Å². The normalized spacial score (nSPS) is 15.1. The molecular formula is C27H26N6S. The van der Waals surface area contributed by atoms with Gasteiger partial charge in [-0.25, -0.2) is 4.98 Å². The minimum absolute atomic E-state index is 0.649. The van der Waals surface area contributed by atoms with Crippen LogP contribution in [0.3, 0.4) is 0 Å². The van der Waals surface area contributed by atoms with Gasteiger partial charge >= 0.3 is 0 Å². The van der Waals surface area contributed by atoms with E-state index >= 15 is 0 Å². The number of thiophene rings is 1. The maximum absolute atomic E-state index is 9.22. The Morgan fingerprint density at radius 3 is 2.50 bits per heavy atom. The fourth-order valence-corrected chi connectivity index (χ4v) is 5.37. The van der Waals surface area contributed by atoms with E-state index in [0.717, 1.165) is 66.5 Å². The van der Waals surface area contributed by atoms with Crippen molar-refractivity contribution in [3.63, 3.8) is 0 Å². The summed E-state index contributed by atoms with van der Waals surface area (Å²) in [4.78, 5) is 11.0. The van der Waals surface area contributed by atoms with E-state index in [2.05, 4.69) is 51.7 Å². The van der Waals surface area contributed by atoms with E-state index in [9.17, 15) is 10.5 Å². The summed E-state index contributed by atoms with van der Waals surface area (Å²) in [6, 6.07) is 18.2. The maximum Gasteiger partial charge on any atom is 0.137 e. The molecule has 34 heavy (non-hydrogen) atoms. The van der Waals surface area contributed by atoms with Gasteiger partial charge in [0.1, 0.15) is 11.7 Å². The highest BCUT2D eigenvalue weighted by molar-refractivity contribution is 7.13. The number of likely N-dealkylation sites (N-methyl/N-ethyl adjacent to an activating group) is 1. The molecule has 0 atom stereocenters. The molecule has 7 heteroatoms. The van der Waals surface area contributed by atoms with Gasteiger partial charge in [-0.05, 0) is 56.9 Å². The van der Waals surface area contributed by atoms with Crippen LogP contribution in [0, 0.1) is 22.7 Å². The first kappa shape index (κ1) is 22.3. The molecule has 1 aliphatic heterocycles. The van der Waals surface area contributed by atoms with Gasteiger partial charge in [0, 0.05) is 53.6 Å². The Morgan fingerprint density at radius 1 is 0.941 bits per heavy atom. The number of hydrogen-bond donors (Lipinski definition) is 0. The molecule has 3 aromatic heterocycles. The molecule has 0 aliphatic carbocycles. The van der Waals surface area contributed by atoms with Crippen LogP contribution in [0.1, 0.15) is 23.2 Å². The molecule has 0 saturated carbocycles. The van der Waals surface area contributed by atoms with Crippen LogP contribution in [0.2, 0.25) is 0 Å². The molecular weight excluding hydrogens is 440 g/mol. The number of imidazole rings is 1. The molecule has 6 nitrogen and oxygen atoms in total. The standard InChI is InChI=1S/C27H26N6S/c1-31-10-2-11-32(14-13-31)12-9-24-27(22-5-3-20(16-28)4-6-22)30-26-8-7-23(18-33(24)26)25-15-21(17-29)19-34-25/h3-8,15,18-19H,2,9-14H2,1H3. The average Bonchev–Trinajstić information content (AvgIpc) is 3.44. The van der Waals surface area contributed by atoms with Gasteiger partial charge in [0.2, 0.25) is 0 Å². The number of pyridine rings is 1. The van der Waals surface area contributed by atoms with Crippen molar-refractivity contribution in [1.29, 1.82) is 10.5 Å². The highest BCUT2D eigenvalue weighted by Gasteiger charge is 2.18. The van der Waals surface area contributed by atoms with Crippen molar-refractivity contribution in [2.24, 2.45) is 0 Å². The molecule has 0 N–H and O–H groups in total. The van der Waals surface area contributed by atoms with Crippen LogP contribution in [0.5, 0.6) is 0 Å². The van der Waals surface area contributed by atoms with Crippen LogP contribution in [0.4, 0.5) is 0 Å². The van der Waals surface area contributed by atoms with Crippen LogP contribution in [-0.4, -0.2) is 59.0 Å². The average molecular weight is 467 g/mol. The Balaban J connectivity index is 1.53. The predicted octanol–water partition coefficient (Wildman–Crippen LogP) is 4.65. The number of nitriles is 2. The molecule has 1 aromatic carbocycles.